The van der Waals surface area contributed by atoms with E-state index in [0.29, 0.717) is 12.0 Å². The van der Waals surface area contributed by atoms with E-state index in [2.05, 4.69) is 10.1 Å². The first-order chi connectivity index (χ1) is 16.0. The lowest BCUT2D eigenvalue weighted by molar-refractivity contribution is 0.333. The van der Waals surface area contributed by atoms with E-state index < -0.39 is 11.6 Å². The van der Waals surface area contributed by atoms with Gasteiger partial charge in [-0.2, -0.15) is 0 Å². The number of fused-ring (bicyclic) bond motifs is 1. The second-order valence-corrected chi connectivity index (χ2v) is 8.59. The van der Waals surface area contributed by atoms with Crippen LogP contribution >= 0.6 is 0 Å². The van der Waals surface area contributed by atoms with Crippen LogP contribution in [0.2, 0.25) is 0 Å². The summed E-state index contributed by atoms with van der Waals surface area (Å²) in [7, 11) is 1.65. The smallest absolute Gasteiger partial charge is 0.143 e. The van der Waals surface area contributed by atoms with Gasteiger partial charge in [0.05, 0.1) is 24.8 Å². The van der Waals surface area contributed by atoms with E-state index in [-0.39, 0.29) is 5.92 Å². The molecule has 0 N–H and O–H groups in total. The molecule has 0 spiro atoms. The summed E-state index contributed by atoms with van der Waals surface area (Å²) in [4.78, 5) is 4.29. The van der Waals surface area contributed by atoms with E-state index >= 15 is 0 Å². The van der Waals surface area contributed by atoms with Gasteiger partial charge < -0.3 is 13.8 Å². The van der Waals surface area contributed by atoms with Crippen molar-refractivity contribution in [1.82, 2.24) is 14.7 Å². The van der Waals surface area contributed by atoms with Crippen LogP contribution < -0.4 is 4.74 Å². The molecule has 2 aromatic carbocycles. The highest BCUT2D eigenvalue weighted by Gasteiger charge is 2.28. The molecule has 2 heterocycles. The van der Waals surface area contributed by atoms with Crippen molar-refractivity contribution in [2.45, 2.75) is 44.9 Å². The Bertz CT molecular complexity index is 1270. The number of imidazole rings is 1. The molecule has 7 heteroatoms. The van der Waals surface area contributed by atoms with E-state index in [4.69, 9.17) is 9.26 Å². The molecule has 0 radical (unpaired) electrons. The topological polar surface area (TPSA) is 53.1 Å². The van der Waals surface area contributed by atoms with Gasteiger partial charge in [0.2, 0.25) is 0 Å². The van der Waals surface area contributed by atoms with Crippen LogP contribution in [-0.2, 0) is 12.8 Å². The summed E-state index contributed by atoms with van der Waals surface area (Å²) in [6.45, 7) is 1.94. The molecule has 0 bridgehead atoms. The molecule has 0 fully saturated rings. The van der Waals surface area contributed by atoms with Gasteiger partial charge in [-0.25, -0.2) is 13.8 Å². The highest BCUT2D eigenvalue weighted by atomic mass is 19.1. The number of ether oxygens (including phenoxy) is 1. The van der Waals surface area contributed by atoms with E-state index in [1.807, 2.05) is 35.9 Å². The maximum atomic E-state index is 13.5. The summed E-state index contributed by atoms with van der Waals surface area (Å²) in [6, 6.07) is 9.68. The van der Waals surface area contributed by atoms with Gasteiger partial charge in [0.15, 0.2) is 0 Å². The average molecular weight is 450 g/mol. The fourth-order valence-corrected chi connectivity index (χ4v) is 4.73. The zero-order valence-electron chi connectivity index (χ0n) is 18.6. The van der Waals surface area contributed by atoms with Crippen LogP contribution in [0.25, 0.3) is 16.9 Å². The minimum Gasteiger partial charge on any atom is -0.495 e. The predicted molar refractivity (Wildman–Crippen MR) is 121 cm³/mol. The molecule has 0 aliphatic heterocycles. The van der Waals surface area contributed by atoms with Gasteiger partial charge in [-0.05, 0) is 68.9 Å². The quantitative estimate of drug-likeness (QED) is 0.353. The van der Waals surface area contributed by atoms with Crippen molar-refractivity contribution in [1.29, 1.82) is 0 Å². The van der Waals surface area contributed by atoms with Crippen LogP contribution in [0.4, 0.5) is 8.78 Å². The Hall–Kier alpha value is -3.48. The van der Waals surface area contributed by atoms with Gasteiger partial charge in [-0.15, -0.1) is 0 Å². The highest BCUT2D eigenvalue weighted by Crippen LogP contribution is 2.40. The molecule has 33 heavy (non-hydrogen) atoms. The summed E-state index contributed by atoms with van der Waals surface area (Å²) >= 11 is 0. The molecule has 2 aromatic heterocycles. The van der Waals surface area contributed by atoms with E-state index in [0.717, 1.165) is 71.5 Å². The third-order valence-electron chi connectivity index (χ3n) is 6.32. The SMILES string of the molecule is COc1cc(-c2noc3c2CCCC3CCc2cc(F)cc(F)c2)ccc1-n1cnc(C)c1. The van der Waals surface area contributed by atoms with Crippen molar-refractivity contribution in [3.05, 3.63) is 83.1 Å². The molecule has 1 aliphatic rings. The lowest BCUT2D eigenvalue weighted by Gasteiger charge is -2.20. The number of nitrogens with zero attached hydrogens (tertiary/aromatic N) is 3. The summed E-state index contributed by atoms with van der Waals surface area (Å²) in [6.07, 6.45) is 7.94. The Morgan fingerprint density at radius 3 is 2.70 bits per heavy atom. The molecule has 0 saturated heterocycles. The summed E-state index contributed by atoms with van der Waals surface area (Å²) < 4.78 is 40.5. The molecule has 1 atom stereocenters. The fraction of sp³-hybridized carbons (Fsp3) is 0.308. The second kappa shape index (κ2) is 8.81. The van der Waals surface area contributed by atoms with E-state index in [9.17, 15) is 8.78 Å². The fourth-order valence-electron chi connectivity index (χ4n) is 4.73. The van der Waals surface area contributed by atoms with Gasteiger partial charge in [0.25, 0.3) is 0 Å². The minimum atomic E-state index is -0.542. The first-order valence-corrected chi connectivity index (χ1v) is 11.1. The van der Waals surface area contributed by atoms with Crippen molar-refractivity contribution in [3.63, 3.8) is 0 Å². The monoisotopic (exact) mass is 449 g/mol. The van der Waals surface area contributed by atoms with Crippen molar-refractivity contribution < 1.29 is 18.0 Å². The lowest BCUT2D eigenvalue weighted by atomic mass is 9.83. The second-order valence-electron chi connectivity index (χ2n) is 8.59. The van der Waals surface area contributed by atoms with Crippen LogP contribution in [0, 0.1) is 18.6 Å². The Morgan fingerprint density at radius 2 is 1.97 bits per heavy atom. The molecule has 5 rings (SSSR count). The molecular weight excluding hydrogens is 424 g/mol. The van der Waals surface area contributed by atoms with E-state index in [1.54, 1.807) is 13.4 Å². The number of methoxy groups -OCH3 is 1. The van der Waals surface area contributed by atoms with Crippen LogP contribution in [0.15, 0.2) is 53.4 Å². The standard InChI is InChI=1S/C26H25F2N3O2/c1-16-14-31(15-29-16)23-9-8-19(12-24(23)32-2)25-22-5-3-4-18(26(22)33-30-25)7-6-17-10-20(27)13-21(28)11-17/h8-15,18H,3-7H2,1-2H3. The normalized spacial score (nSPS) is 15.5. The number of rotatable bonds is 6. The number of aryl methyl sites for hydroxylation is 2. The van der Waals surface area contributed by atoms with Gasteiger partial charge in [0.1, 0.15) is 28.8 Å². The van der Waals surface area contributed by atoms with Gasteiger partial charge in [-0.1, -0.05) is 11.2 Å². The molecule has 170 valence electrons. The Morgan fingerprint density at radius 1 is 1.15 bits per heavy atom. The van der Waals surface area contributed by atoms with Crippen LogP contribution in [0.3, 0.4) is 0 Å². The van der Waals surface area contributed by atoms with Gasteiger partial charge in [0, 0.05) is 29.3 Å². The Kier molecular flexibility index (Phi) is 5.70. The van der Waals surface area contributed by atoms with E-state index in [1.165, 1.54) is 12.1 Å². The van der Waals surface area contributed by atoms with Crippen LogP contribution in [-0.4, -0.2) is 21.8 Å². The largest absolute Gasteiger partial charge is 0.495 e. The van der Waals surface area contributed by atoms with Gasteiger partial charge >= 0.3 is 0 Å². The average Bonchev–Trinajstić information content (AvgIpc) is 3.43. The van der Waals surface area contributed by atoms with Crippen molar-refractivity contribution >= 4 is 0 Å². The highest BCUT2D eigenvalue weighted by molar-refractivity contribution is 5.68. The number of halogens is 2. The predicted octanol–water partition coefficient (Wildman–Crippen LogP) is 6.18. The van der Waals surface area contributed by atoms with Crippen LogP contribution in [0.5, 0.6) is 5.75 Å². The lowest BCUT2D eigenvalue weighted by Crippen LogP contribution is -2.09. The number of hydrogen-bond acceptors (Lipinski definition) is 4. The first-order valence-electron chi connectivity index (χ1n) is 11.1. The minimum absolute atomic E-state index is 0.177. The summed E-state index contributed by atoms with van der Waals surface area (Å²) in [5.74, 6) is 0.707. The first kappa shape index (κ1) is 21.4. The third-order valence-corrected chi connectivity index (χ3v) is 6.32. The number of aromatic nitrogens is 3. The third kappa shape index (κ3) is 4.27. The summed E-state index contributed by atoms with van der Waals surface area (Å²) in [5.41, 5.74) is 5.38. The van der Waals surface area contributed by atoms with Crippen molar-refractivity contribution in [2.75, 3.05) is 7.11 Å². The van der Waals surface area contributed by atoms with Crippen molar-refractivity contribution in [2.24, 2.45) is 0 Å². The molecule has 1 unspecified atom stereocenters. The summed E-state index contributed by atoms with van der Waals surface area (Å²) in [5, 5.41) is 4.41. The van der Waals surface area contributed by atoms with Crippen LogP contribution in [0.1, 0.15) is 47.8 Å². The maximum Gasteiger partial charge on any atom is 0.143 e. The number of benzene rings is 2. The molecule has 0 amide bonds. The molecule has 4 aromatic rings. The Balaban J connectivity index is 1.41. The molecule has 5 nitrogen and oxygen atoms in total. The molecule has 1 aliphatic carbocycles. The number of hydrogen-bond donors (Lipinski definition) is 0. The zero-order valence-corrected chi connectivity index (χ0v) is 18.6. The van der Waals surface area contributed by atoms with Crippen molar-refractivity contribution in [3.8, 4) is 22.7 Å². The zero-order chi connectivity index (χ0) is 22.9. The molecule has 0 saturated carbocycles. The maximum absolute atomic E-state index is 13.5. The molecular formula is C26H25F2N3O2. The van der Waals surface area contributed by atoms with Gasteiger partial charge in [-0.3, -0.25) is 0 Å². The Labute approximate surface area is 191 Å².